The molecule has 0 N–H and O–H groups in total. The summed E-state index contributed by atoms with van der Waals surface area (Å²) in [6.07, 6.45) is 7.54. The van der Waals surface area contributed by atoms with Crippen LogP contribution < -0.4 is 0 Å². The van der Waals surface area contributed by atoms with Crippen LogP contribution in [0.2, 0.25) is 0 Å². The molecule has 4 aliphatic rings. The SMILES string of the molecule is ClC1(Cl)[C@@H]2[C@H]3[C@H](C[C@H]21)[C@@H]1C=C[C@@H]3C1. The van der Waals surface area contributed by atoms with Gasteiger partial charge in [0.05, 0.1) is 0 Å². The van der Waals surface area contributed by atoms with Crippen LogP contribution in [0.25, 0.3) is 0 Å². The summed E-state index contributed by atoms with van der Waals surface area (Å²) in [6, 6.07) is 0. The Kier molecular flexibility index (Phi) is 1.15. The molecule has 0 heterocycles. The molecule has 0 aromatic rings. The molecular weight excluding hydrogens is 203 g/mol. The van der Waals surface area contributed by atoms with E-state index in [0.717, 1.165) is 23.7 Å². The van der Waals surface area contributed by atoms with E-state index >= 15 is 0 Å². The number of rotatable bonds is 0. The highest BCUT2D eigenvalue weighted by atomic mass is 35.5. The number of allylic oxidation sites excluding steroid dienone is 2. The number of halogens is 2. The maximum absolute atomic E-state index is 6.25. The fourth-order valence-electron chi connectivity index (χ4n) is 4.37. The van der Waals surface area contributed by atoms with E-state index in [1.165, 1.54) is 12.8 Å². The van der Waals surface area contributed by atoms with Crippen LogP contribution in [-0.2, 0) is 0 Å². The summed E-state index contributed by atoms with van der Waals surface area (Å²) in [5.41, 5.74) is 0. The monoisotopic (exact) mass is 214 g/mol. The molecule has 0 spiro atoms. The third kappa shape index (κ3) is 0.699. The van der Waals surface area contributed by atoms with Crippen molar-refractivity contribution in [2.45, 2.75) is 17.2 Å². The Labute approximate surface area is 88.3 Å². The first-order valence-corrected chi connectivity index (χ1v) is 6.01. The van der Waals surface area contributed by atoms with Crippen molar-refractivity contribution in [3.63, 3.8) is 0 Å². The summed E-state index contributed by atoms with van der Waals surface area (Å²) in [5.74, 6) is 4.76. The molecule has 13 heavy (non-hydrogen) atoms. The molecule has 2 heteroatoms. The smallest absolute Gasteiger partial charge is 0.101 e. The van der Waals surface area contributed by atoms with Gasteiger partial charge in [0.25, 0.3) is 0 Å². The molecule has 2 bridgehead atoms. The van der Waals surface area contributed by atoms with Crippen LogP contribution in [0, 0.1) is 35.5 Å². The van der Waals surface area contributed by atoms with E-state index < -0.39 is 0 Å². The second-order valence-electron chi connectivity index (χ2n) is 5.23. The molecule has 0 unspecified atom stereocenters. The lowest BCUT2D eigenvalue weighted by molar-refractivity contribution is 0.310. The third-order valence-corrected chi connectivity index (χ3v) is 5.96. The normalized spacial score (nSPS) is 63.8. The minimum absolute atomic E-state index is 0.334. The topological polar surface area (TPSA) is 0 Å². The Bertz CT molecular complexity index is 307. The van der Waals surface area contributed by atoms with Crippen molar-refractivity contribution in [2.24, 2.45) is 35.5 Å². The van der Waals surface area contributed by atoms with Gasteiger partial charge in [0, 0.05) is 5.92 Å². The average molecular weight is 215 g/mol. The van der Waals surface area contributed by atoms with E-state index in [-0.39, 0.29) is 4.33 Å². The summed E-state index contributed by atoms with van der Waals surface area (Å²) in [5, 5.41) is 0. The zero-order valence-corrected chi connectivity index (χ0v) is 8.80. The Balaban J connectivity index is 1.74. The third-order valence-electron chi connectivity index (χ3n) is 4.89. The van der Waals surface area contributed by atoms with Crippen molar-refractivity contribution in [1.82, 2.24) is 0 Å². The van der Waals surface area contributed by atoms with Gasteiger partial charge in [0.1, 0.15) is 4.33 Å². The highest BCUT2D eigenvalue weighted by Crippen LogP contribution is 2.76. The van der Waals surface area contributed by atoms with Crippen LogP contribution >= 0.6 is 23.2 Å². The molecule has 0 amide bonds. The Morgan fingerprint density at radius 3 is 2.69 bits per heavy atom. The number of hydrogen-bond acceptors (Lipinski definition) is 0. The van der Waals surface area contributed by atoms with Gasteiger partial charge >= 0.3 is 0 Å². The molecule has 0 radical (unpaired) electrons. The van der Waals surface area contributed by atoms with Crippen molar-refractivity contribution in [3.05, 3.63) is 12.2 Å². The van der Waals surface area contributed by atoms with Crippen molar-refractivity contribution in [2.75, 3.05) is 0 Å². The van der Waals surface area contributed by atoms with Crippen LogP contribution in [0.3, 0.4) is 0 Å². The molecule has 3 saturated carbocycles. The summed E-state index contributed by atoms with van der Waals surface area (Å²) >= 11 is 12.5. The van der Waals surface area contributed by atoms with Crippen LogP contribution in [0.1, 0.15) is 12.8 Å². The number of fused-ring (bicyclic) bond motifs is 7. The Morgan fingerprint density at radius 2 is 1.85 bits per heavy atom. The predicted molar refractivity (Wildman–Crippen MR) is 53.8 cm³/mol. The lowest BCUT2D eigenvalue weighted by Crippen LogP contribution is -2.21. The molecule has 70 valence electrons. The highest BCUT2D eigenvalue weighted by molar-refractivity contribution is 6.51. The van der Waals surface area contributed by atoms with Gasteiger partial charge < -0.3 is 0 Å². The van der Waals surface area contributed by atoms with Gasteiger partial charge in [0.15, 0.2) is 0 Å². The average Bonchev–Trinajstić information content (AvgIpc) is 2.58. The molecule has 4 aliphatic carbocycles. The van der Waals surface area contributed by atoms with E-state index in [0.29, 0.717) is 11.8 Å². The van der Waals surface area contributed by atoms with E-state index in [4.69, 9.17) is 23.2 Å². The summed E-state index contributed by atoms with van der Waals surface area (Å²) in [7, 11) is 0. The summed E-state index contributed by atoms with van der Waals surface area (Å²) < 4.78 is -0.334. The summed E-state index contributed by atoms with van der Waals surface area (Å²) in [6.45, 7) is 0. The van der Waals surface area contributed by atoms with Crippen molar-refractivity contribution >= 4 is 23.2 Å². The standard InChI is InChI=1S/C11H12Cl2/c12-11(13)8-4-7-5-1-2-6(3-5)9(7)10(8)11/h1-2,5-10H,3-4H2/t5-,6-,7-,8-,9-,10+/m1/s1. The van der Waals surface area contributed by atoms with Crippen molar-refractivity contribution in [3.8, 4) is 0 Å². The van der Waals surface area contributed by atoms with E-state index in [1.54, 1.807) is 0 Å². The first-order chi connectivity index (χ1) is 6.19. The molecule has 6 atom stereocenters. The molecule has 0 nitrogen and oxygen atoms in total. The molecule has 4 rings (SSSR count). The first-order valence-electron chi connectivity index (χ1n) is 5.25. The molecule has 0 aliphatic heterocycles. The Hall–Kier alpha value is 0.320. The molecule has 0 aromatic carbocycles. The first kappa shape index (κ1) is 7.59. The second-order valence-corrected chi connectivity index (χ2v) is 6.68. The molecule has 3 fully saturated rings. The van der Waals surface area contributed by atoms with Gasteiger partial charge in [0.2, 0.25) is 0 Å². The molecule has 0 saturated heterocycles. The van der Waals surface area contributed by atoms with E-state index in [2.05, 4.69) is 12.2 Å². The van der Waals surface area contributed by atoms with Gasteiger partial charge in [-0.2, -0.15) is 0 Å². The van der Waals surface area contributed by atoms with Crippen molar-refractivity contribution < 1.29 is 0 Å². The maximum atomic E-state index is 6.25. The van der Waals surface area contributed by atoms with E-state index in [1.807, 2.05) is 0 Å². The van der Waals surface area contributed by atoms with E-state index in [9.17, 15) is 0 Å². The maximum Gasteiger partial charge on any atom is 0.125 e. The zero-order valence-electron chi connectivity index (χ0n) is 7.29. The highest BCUT2D eigenvalue weighted by Gasteiger charge is 2.74. The van der Waals surface area contributed by atoms with Crippen LogP contribution in [-0.4, -0.2) is 4.33 Å². The largest absolute Gasteiger partial charge is 0.125 e. The van der Waals surface area contributed by atoms with Gasteiger partial charge in [-0.15, -0.1) is 23.2 Å². The lowest BCUT2D eigenvalue weighted by atomic mass is 9.82. The lowest BCUT2D eigenvalue weighted by Gasteiger charge is -2.25. The van der Waals surface area contributed by atoms with Gasteiger partial charge in [-0.3, -0.25) is 0 Å². The summed E-state index contributed by atoms with van der Waals surface area (Å²) in [4.78, 5) is 0. The van der Waals surface area contributed by atoms with Crippen LogP contribution in [0.4, 0.5) is 0 Å². The second kappa shape index (κ2) is 1.97. The number of alkyl halides is 2. The minimum Gasteiger partial charge on any atom is -0.101 e. The zero-order chi connectivity index (χ0) is 8.79. The molecular formula is C11H12Cl2. The molecule has 0 aromatic heterocycles. The number of hydrogen-bond donors (Lipinski definition) is 0. The van der Waals surface area contributed by atoms with Crippen LogP contribution in [0.15, 0.2) is 12.2 Å². The minimum atomic E-state index is -0.334. The quantitative estimate of drug-likeness (QED) is 0.429. The fraction of sp³-hybridized carbons (Fsp3) is 0.818. The predicted octanol–water partition coefficient (Wildman–Crippen LogP) is 3.25. The van der Waals surface area contributed by atoms with Gasteiger partial charge in [-0.25, -0.2) is 0 Å². The van der Waals surface area contributed by atoms with Gasteiger partial charge in [-0.05, 0) is 42.4 Å². The fourth-order valence-corrected chi connectivity index (χ4v) is 5.28. The van der Waals surface area contributed by atoms with Gasteiger partial charge in [-0.1, -0.05) is 12.2 Å². The van der Waals surface area contributed by atoms with Crippen molar-refractivity contribution in [1.29, 1.82) is 0 Å². The Morgan fingerprint density at radius 1 is 1.08 bits per heavy atom. The van der Waals surface area contributed by atoms with Crippen LogP contribution in [0.5, 0.6) is 0 Å².